The van der Waals surface area contributed by atoms with Gasteiger partial charge in [-0.3, -0.25) is 0 Å². The first kappa shape index (κ1) is 18.4. The second-order valence-corrected chi connectivity index (χ2v) is 7.57. The molecule has 1 unspecified atom stereocenters. The van der Waals surface area contributed by atoms with E-state index in [0.717, 1.165) is 38.5 Å². The van der Waals surface area contributed by atoms with Crippen molar-refractivity contribution in [3.8, 4) is 28.4 Å². The number of ether oxygens (including phenoxy) is 4. The minimum Gasteiger partial charge on any atom is -0.493 e. The van der Waals surface area contributed by atoms with Gasteiger partial charge in [-0.15, -0.1) is 0 Å². The van der Waals surface area contributed by atoms with Gasteiger partial charge in [0, 0.05) is 21.6 Å². The minimum absolute atomic E-state index is 0.676. The van der Waals surface area contributed by atoms with Crippen molar-refractivity contribution in [2.75, 3.05) is 13.7 Å². The minimum atomic E-state index is -0.708. The van der Waals surface area contributed by atoms with E-state index in [2.05, 4.69) is 59.8 Å². The van der Waals surface area contributed by atoms with Crippen LogP contribution in [0.5, 0.6) is 17.2 Å². The monoisotopic (exact) mass is 476 g/mol. The molecule has 0 fully saturated rings. The van der Waals surface area contributed by atoms with Gasteiger partial charge in [-0.05, 0) is 58.2 Å². The van der Waals surface area contributed by atoms with Gasteiger partial charge in [0.05, 0.1) is 6.61 Å². The van der Waals surface area contributed by atoms with Crippen molar-refractivity contribution in [3.63, 3.8) is 0 Å². The predicted octanol–water partition coefficient (Wildman–Crippen LogP) is 5.99. The molecule has 1 aliphatic rings. The third-order valence-electron chi connectivity index (χ3n) is 4.57. The summed E-state index contributed by atoms with van der Waals surface area (Å²) in [6, 6.07) is 16.5. The van der Waals surface area contributed by atoms with Crippen LogP contribution in [0.4, 0.5) is 0 Å². The molecule has 0 aromatic heterocycles. The Hall–Kier alpha value is -1.99. The number of rotatable bonds is 6. The molecule has 0 amide bonds. The SMILES string of the molecule is CCCCOc1cc(I)c(-c2ccccc2)c2cc3c(cc12)OC(OC)O3. The molecule has 0 saturated heterocycles. The molecule has 0 radical (unpaired) electrons. The zero-order chi connectivity index (χ0) is 18.8. The summed E-state index contributed by atoms with van der Waals surface area (Å²) in [6.07, 6.45) is 2.12. The van der Waals surface area contributed by atoms with Crippen LogP contribution in [0.3, 0.4) is 0 Å². The maximum absolute atomic E-state index is 6.11. The number of halogens is 1. The molecular weight excluding hydrogens is 455 g/mol. The zero-order valence-electron chi connectivity index (χ0n) is 15.3. The van der Waals surface area contributed by atoms with Crippen LogP contribution in [0.1, 0.15) is 19.8 Å². The standard InChI is InChI=1S/C22H21IO4/c1-3-4-10-25-18-13-17(23)21(14-8-6-5-7-9-14)16-12-20-19(11-15(16)18)26-22(24-2)27-20/h5-9,11-13,22H,3-4,10H2,1-2H3. The van der Waals surface area contributed by atoms with E-state index in [9.17, 15) is 0 Å². The fourth-order valence-electron chi connectivity index (χ4n) is 3.22. The largest absolute Gasteiger partial charge is 0.493 e. The molecule has 1 atom stereocenters. The molecule has 3 aromatic carbocycles. The topological polar surface area (TPSA) is 36.9 Å². The smallest absolute Gasteiger partial charge is 0.360 e. The lowest BCUT2D eigenvalue weighted by atomic mass is 9.97. The summed E-state index contributed by atoms with van der Waals surface area (Å²) in [5.41, 5.74) is 2.33. The van der Waals surface area contributed by atoms with E-state index in [-0.39, 0.29) is 0 Å². The summed E-state index contributed by atoms with van der Waals surface area (Å²) in [6.45, 7) is 2.15. The van der Waals surface area contributed by atoms with E-state index < -0.39 is 6.48 Å². The van der Waals surface area contributed by atoms with Crippen LogP contribution in [-0.2, 0) is 4.74 Å². The predicted molar refractivity (Wildman–Crippen MR) is 115 cm³/mol. The molecule has 4 nitrogen and oxygen atoms in total. The van der Waals surface area contributed by atoms with Crippen molar-refractivity contribution in [1.29, 1.82) is 0 Å². The Morgan fingerprint density at radius 2 is 1.70 bits per heavy atom. The van der Waals surface area contributed by atoms with Crippen LogP contribution in [0.15, 0.2) is 48.5 Å². The summed E-state index contributed by atoms with van der Waals surface area (Å²) in [5, 5.41) is 2.10. The Morgan fingerprint density at radius 1 is 1.00 bits per heavy atom. The van der Waals surface area contributed by atoms with Gasteiger partial charge in [0.15, 0.2) is 11.5 Å². The Balaban J connectivity index is 1.91. The maximum atomic E-state index is 6.11. The molecule has 1 aliphatic heterocycles. The third-order valence-corrected chi connectivity index (χ3v) is 5.42. The number of benzene rings is 3. The van der Waals surface area contributed by atoms with Gasteiger partial charge >= 0.3 is 6.48 Å². The van der Waals surface area contributed by atoms with Crippen molar-refractivity contribution in [2.45, 2.75) is 26.2 Å². The van der Waals surface area contributed by atoms with Crippen LogP contribution in [-0.4, -0.2) is 20.2 Å². The van der Waals surface area contributed by atoms with Gasteiger partial charge < -0.3 is 18.9 Å². The van der Waals surface area contributed by atoms with Crippen LogP contribution < -0.4 is 14.2 Å². The van der Waals surface area contributed by atoms with Crippen molar-refractivity contribution >= 4 is 33.4 Å². The van der Waals surface area contributed by atoms with E-state index in [1.54, 1.807) is 7.11 Å². The van der Waals surface area contributed by atoms with E-state index in [1.165, 1.54) is 5.56 Å². The van der Waals surface area contributed by atoms with Gasteiger partial charge in [0.25, 0.3) is 0 Å². The average Bonchev–Trinajstić information content (AvgIpc) is 3.09. The molecular formula is C22H21IO4. The van der Waals surface area contributed by atoms with Gasteiger partial charge in [-0.25, -0.2) is 0 Å². The molecule has 0 aliphatic carbocycles. The first-order chi connectivity index (χ1) is 13.2. The molecule has 4 rings (SSSR count). The highest BCUT2D eigenvalue weighted by Crippen LogP contribution is 2.45. The average molecular weight is 476 g/mol. The summed E-state index contributed by atoms with van der Waals surface area (Å²) in [4.78, 5) is 0. The Labute approximate surface area is 172 Å². The fourth-order valence-corrected chi connectivity index (χ4v) is 4.11. The highest BCUT2D eigenvalue weighted by atomic mass is 127. The van der Waals surface area contributed by atoms with Crippen molar-refractivity contribution < 1.29 is 18.9 Å². The first-order valence-electron chi connectivity index (χ1n) is 9.06. The lowest BCUT2D eigenvalue weighted by Crippen LogP contribution is -2.19. The Kier molecular flexibility index (Phi) is 5.41. The second kappa shape index (κ2) is 7.94. The van der Waals surface area contributed by atoms with Crippen molar-refractivity contribution in [3.05, 3.63) is 52.1 Å². The number of hydrogen-bond acceptors (Lipinski definition) is 4. The van der Waals surface area contributed by atoms with Gasteiger partial charge in [0.1, 0.15) is 5.75 Å². The van der Waals surface area contributed by atoms with Crippen molar-refractivity contribution in [2.24, 2.45) is 0 Å². The number of fused-ring (bicyclic) bond motifs is 2. The molecule has 0 N–H and O–H groups in total. The number of hydrogen-bond donors (Lipinski definition) is 0. The van der Waals surface area contributed by atoms with E-state index >= 15 is 0 Å². The third kappa shape index (κ3) is 3.58. The van der Waals surface area contributed by atoms with Crippen molar-refractivity contribution in [1.82, 2.24) is 0 Å². The summed E-state index contributed by atoms with van der Waals surface area (Å²) >= 11 is 2.38. The second-order valence-electron chi connectivity index (χ2n) is 6.40. The van der Waals surface area contributed by atoms with Crippen LogP contribution >= 0.6 is 22.6 Å². The first-order valence-corrected chi connectivity index (χ1v) is 10.1. The molecule has 27 heavy (non-hydrogen) atoms. The van der Waals surface area contributed by atoms with Gasteiger partial charge in [0.2, 0.25) is 0 Å². The summed E-state index contributed by atoms with van der Waals surface area (Å²) < 4.78 is 23.9. The molecule has 140 valence electrons. The lowest BCUT2D eigenvalue weighted by Gasteiger charge is -2.15. The zero-order valence-corrected chi connectivity index (χ0v) is 17.5. The van der Waals surface area contributed by atoms with Gasteiger partial charge in [-0.1, -0.05) is 43.7 Å². The number of unbranched alkanes of at least 4 members (excludes halogenated alkanes) is 1. The quantitative estimate of drug-likeness (QED) is 0.324. The summed E-state index contributed by atoms with van der Waals surface area (Å²) in [5.74, 6) is 2.23. The normalized spacial score (nSPS) is 15.3. The lowest BCUT2D eigenvalue weighted by molar-refractivity contribution is -0.157. The molecule has 1 heterocycles. The highest BCUT2D eigenvalue weighted by molar-refractivity contribution is 14.1. The Bertz CT molecular complexity index is 956. The molecule has 0 spiro atoms. The maximum Gasteiger partial charge on any atom is 0.360 e. The molecule has 0 bridgehead atoms. The van der Waals surface area contributed by atoms with Crippen LogP contribution in [0.25, 0.3) is 21.9 Å². The fraction of sp³-hybridized carbons (Fsp3) is 0.273. The highest BCUT2D eigenvalue weighted by Gasteiger charge is 2.26. The van der Waals surface area contributed by atoms with Crippen LogP contribution in [0, 0.1) is 3.57 Å². The van der Waals surface area contributed by atoms with Gasteiger partial charge in [-0.2, -0.15) is 0 Å². The van der Waals surface area contributed by atoms with Crippen LogP contribution in [0.2, 0.25) is 0 Å². The van der Waals surface area contributed by atoms with E-state index in [0.29, 0.717) is 18.1 Å². The van der Waals surface area contributed by atoms with E-state index in [4.69, 9.17) is 18.9 Å². The molecule has 5 heteroatoms. The molecule has 0 saturated carbocycles. The Morgan fingerprint density at radius 3 is 2.37 bits per heavy atom. The summed E-state index contributed by atoms with van der Waals surface area (Å²) in [7, 11) is 1.56. The van der Waals surface area contributed by atoms with E-state index in [1.807, 2.05) is 18.2 Å². The molecule has 3 aromatic rings. The number of methoxy groups -OCH3 is 1.